The predicted octanol–water partition coefficient (Wildman–Crippen LogP) is 1.76. The molecular formula is C61H72FN9O19P+. The molecule has 11 N–H and O–H groups in total. The van der Waals surface area contributed by atoms with E-state index in [1.54, 1.807) is 50.2 Å². The Balaban J connectivity index is 0.770. The molecule has 0 bridgehead atoms. The molecule has 0 saturated heterocycles. The molecule has 1 aliphatic carbocycles. The van der Waals surface area contributed by atoms with Crippen molar-refractivity contribution in [2.45, 2.75) is 122 Å². The second kappa shape index (κ2) is 29.6. The second-order valence-electron chi connectivity index (χ2n) is 22.7. The van der Waals surface area contributed by atoms with Gasteiger partial charge >= 0.3 is 23.9 Å². The number of ether oxygens (including phenoxy) is 2. The van der Waals surface area contributed by atoms with Gasteiger partial charge in [0.05, 0.1) is 106 Å². The maximum absolute atomic E-state index is 15.4. The minimum absolute atomic E-state index is 0.00984. The monoisotopic (exact) mass is 1280 g/mol. The van der Waals surface area contributed by atoms with Crippen LogP contribution in [0.4, 0.5) is 4.39 Å². The van der Waals surface area contributed by atoms with Crippen molar-refractivity contribution in [2.75, 3.05) is 58.0 Å². The van der Waals surface area contributed by atoms with Crippen molar-refractivity contribution < 1.29 is 92.1 Å². The third-order valence-electron chi connectivity index (χ3n) is 16.8. The first kappa shape index (κ1) is 67.7. The number of halogens is 1. The van der Waals surface area contributed by atoms with Crippen LogP contribution in [0.5, 0.6) is 0 Å². The van der Waals surface area contributed by atoms with Crippen LogP contribution >= 0.6 is 7.26 Å². The topological polar surface area (TPSA) is 418 Å². The molecule has 0 fully saturated rings. The van der Waals surface area contributed by atoms with E-state index in [-0.39, 0.29) is 85.8 Å². The van der Waals surface area contributed by atoms with Gasteiger partial charge in [0.15, 0.2) is 5.60 Å². The molecule has 30 heteroatoms. The van der Waals surface area contributed by atoms with E-state index < -0.39 is 160 Å². The number of esters is 1. The van der Waals surface area contributed by atoms with E-state index in [9.17, 15) is 83.1 Å². The Kier molecular flexibility index (Phi) is 22.0. The zero-order chi connectivity index (χ0) is 65.9. The summed E-state index contributed by atoms with van der Waals surface area (Å²) in [6.45, 7) is 0.304. The van der Waals surface area contributed by atoms with Crippen molar-refractivity contribution >= 4 is 83.4 Å². The van der Waals surface area contributed by atoms with Crippen molar-refractivity contribution in [1.82, 2.24) is 46.4 Å². The maximum Gasteiger partial charge on any atom is 0.343 e. The van der Waals surface area contributed by atoms with Gasteiger partial charge in [0.25, 0.3) is 5.56 Å². The second-order valence-corrected chi connectivity index (χ2v) is 26.9. The fraction of sp³-hybridized carbons (Fsp3) is 0.459. The van der Waals surface area contributed by atoms with Crippen LogP contribution in [0.1, 0.15) is 116 Å². The summed E-state index contributed by atoms with van der Waals surface area (Å²) in [7, 11) is -2.92. The molecule has 486 valence electrons. The van der Waals surface area contributed by atoms with E-state index in [1.165, 1.54) is 10.6 Å². The number of carboxylic acid groups (broad SMARTS) is 3. The number of nitrogens with zero attached hydrogens (tertiary/aromatic N) is 3. The summed E-state index contributed by atoms with van der Waals surface area (Å²) in [5.74, 6) is -9.95. The number of aliphatic hydroxyl groups excluding tert-OH is 1. The van der Waals surface area contributed by atoms with Crippen LogP contribution in [0.2, 0.25) is 0 Å². The number of carbonyl (C=O) groups is 11. The third-order valence-corrected chi connectivity index (χ3v) is 21.6. The number of benzene rings is 2. The van der Waals surface area contributed by atoms with Gasteiger partial charge in [-0.15, -0.1) is 0 Å². The van der Waals surface area contributed by atoms with E-state index in [1.807, 2.05) is 0 Å². The lowest BCUT2D eigenvalue weighted by Gasteiger charge is -2.31. The van der Waals surface area contributed by atoms with Gasteiger partial charge < -0.3 is 71.5 Å². The van der Waals surface area contributed by atoms with Gasteiger partial charge in [0.2, 0.25) is 47.2 Å². The summed E-state index contributed by atoms with van der Waals surface area (Å²) in [4.78, 5) is 159. The van der Waals surface area contributed by atoms with Crippen LogP contribution in [-0.2, 0) is 93.8 Å². The highest BCUT2D eigenvalue weighted by Crippen LogP contribution is 2.70. The Labute approximate surface area is 520 Å². The summed E-state index contributed by atoms with van der Waals surface area (Å²) in [6, 6.07) is 9.58. The number of fused-ring (bicyclic) bond motifs is 5. The lowest BCUT2D eigenvalue weighted by Crippen LogP contribution is -2.52. The molecule has 7 amide bonds. The van der Waals surface area contributed by atoms with Crippen molar-refractivity contribution in [3.05, 3.63) is 109 Å². The molecule has 0 unspecified atom stereocenters. The smallest absolute Gasteiger partial charge is 0.343 e. The minimum atomic E-state index is -2.92. The van der Waals surface area contributed by atoms with Gasteiger partial charge in [-0.1, -0.05) is 43.7 Å². The van der Waals surface area contributed by atoms with Crippen LogP contribution in [-0.4, -0.2) is 169 Å². The van der Waals surface area contributed by atoms with Gasteiger partial charge in [0, 0.05) is 42.0 Å². The molecule has 28 nitrogen and oxygen atoms in total. The molecule has 0 radical (unpaired) electrons. The Morgan fingerprint density at radius 3 is 2.12 bits per heavy atom. The van der Waals surface area contributed by atoms with Crippen molar-refractivity contribution in [2.24, 2.45) is 0 Å². The number of nitrogens with one attached hydrogen (secondary N) is 6. The molecule has 2 aromatic carbocycles. The summed E-state index contributed by atoms with van der Waals surface area (Å²) < 4.78 is 27.6. The number of aliphatic carboxylic acids is 3. The number of aromatic nitrogens is 2. The Bertz CT molecular complexity index is 3650. The van der Waals surface area contributed by atoms with Gasteiger partial charge in [-0.2, -0.15) is 0 Å². The van der Waals surface area contributed by atoms with E-state index in [0.29, 0.717) is 76.7 Å². The lowest BCUT2D eigenvalue weighted by molar-refractivity contribution is -0.172. The molecule has 4 aromatic rings. The van der Waals surface area contributed by atoms with Crippen molar-refractivity contribution in [3.8, 4) is 11.4 Å². The van der Waals surface area contributed by atoms with Gasteiger partial charge in [-0.05, 0) is 67.3 Å². The van der Waals surface area contributed by atoms with Crippen molar-refractivity contribution in [1.29, 1.82) is 0 Å². The number of hydrogen-bond donors (Lipinski definition) is 11. The molecule has 91 heavy (non-hydrogen) atoms. The molecule has 3 atom stereocenters. The first-order valence-corrected chi connectivity index (χ1v) is 32.0. The number of pyridine rings is 2. The van der Waals surface area contributed by atoms with E-state index in [2.05, 4.69) is 31.9 Å². The van der Waals surface area contributed by atoms with Crippen LogP contribution in [0, 0.1) is 12.7 Å². The first-order valence-electron chi connectivity index (χ1n) is 29.7. The Hall–Kier alpha value is -9.21. The normalized spacial score (nSPS) is 16.7. The fourth-order valence-electron chi connectivity index (χ4n) is 12.0. The highest BCUT2D eigenvalue weighted by molar-refractivity contribution is 7.80. The molecular weight excluding hydrogens is 1210 g/mol. The molecule has 3 aliphatic heterocycles. The molecule has 4 aliphatic rings. The highest BCUT2D eigenvalue weighted by Gasteiger charge is 2.51. The number of cyclic esters (lactones) is 1. The standard InChI is InChI=1S/C61H71FN9O19P/c1-3-61(88)38-23-43-56-36(29-71(43)58(85)37(38)30-90-60(61)87)55-40(14-13-35-33(2)39(62)24-41(69-56)54(35)55)67-49(76)31-89-32-66-47(74)27-65-57(84)42(22-34-10-6-4-7-11-34)68-48(75)28-64-46(73)26-63-45(72)12-8-5-9-18-70-50(77)25-44(59(70)86)91(19-15-51(78)79,20-16-52(80)81)21-17-53(82)83/h4,6-7,10-11,23-24,40,42,88H,3,5,8-9,12-22,25-32H2,1-2H3,(H9-,63,64,65,66,67,68,72,73,74,75,76,78,79,80,81,82,83,84,86)/p+1/t40-,42-,61-/m0/s1. The van der Waals surface area contributed by atoms with Gasteiger partial charge in [-0.25, -0.2) is 14.2 Å². The van der Waals surface area contributed by atoms with Gasteiger partial charge in [-0.3, -0.25) is 57.6 Å². The van der Waals surface area contributed by atoms with Gasteiger partial charge in [0.1, 0.15) is 37.1 Å². The maximum atomic E-state index is 15.4. The zero-order valence-corrected chi connectivity index (χ0v) is 51.0. The number of unbranched alkanes of at least 4 members (excludes halogenated alkanes) is 2. The molecule has 5 heterocycles. The number of amides is 7. The highest BCUT2D eigenvalue weighted by atomic mass is 31.2. The van der Waals surface area contributed by atoms with Crippen LogP contribution < -0.4 is 37.5 Å². The average molecular weight is 1290 g/mol. The van der Waals surface area contributed by atoms with Crippen LogP contribution in [0.15, 0.2) is 58.5 Å². The number of carbonyl (C=O) groups excluding carboxylic acids is 8. The number of hydrogen-bond acceptors (Lipinski definition) is 17. The average Bonchev–Trinajstić information content (AvgIpc) is 1.62. The predicted molar refractivity (Wildman–Crippen MR) is 321 cm³/mol. The van der Waals surface area contributed by atoms with E-state index in [0.717, 1.165) is 4.90 Å². The SMILES string of the molecule is CC[C@@]1(O)C(=O)OCc2c1cc1n(c2=O)Cc2c-1nc1cc(F)c(C)c3c1c2[C@@H](NC(=O)COCNC(=O)CNC(=O)[C@H](Cc1ccccc1)NC(=O)CNC(=O)CNC(=O)CCCCCN1C(=O)CC([P+](CCC(=O)O)(CCC(=O)O)CCC(=O)O)=C1O)CC3. The van der Waals surface area contributed by atoms with Crippen LogP contribution in [0.3, 0.4) is 0 Å². The lowest BCUT2D eigenvalue weighted by atomic mass is 9.81. The molecule has 0 spiro atoms. The Morgan fingerprint density at radius 2 is 1.45 bits per heavy atom. The summed E-state index contributed by atoms with van der Waals surface area (Å²) in [5.41, 5.74) is 1.59. The van der Waals surface area contributed by atoms with E-state index in [4.69, 9.17) is 14.5 Å². The largest absolute Gasteiger partial charge is 0.492 e. The summed E-state index contributed by atoms with van der Waals surface area (Å²) >= 11 is 0. The summed E-state index contributed by atoms with van der Waals surface area (Å²) in [5, 5.41) is 66.9. The van der Waals surface area contributed by atoms with E-state index >= 15 is 4.39 Å². The molecule has 8 rings (SSSR count). The van der Waals surface area contributed by atoms with Crippen LogP contribution in [0.25, 0.3) is 22.3 Å². The first-order chi connectivity index (χ1) is 43.3. The minimum Gasteiger partial charge on any atom is -0.492 e. The third kappa shape index (κ3) is 15.9. The van der Waals surface area contributed by atoms with Crippen molar-refractivity contribution in [3.63, 3.8) is 0 Å². The number of carboxylic acids is 3. The summed E-state index contributed by atoms with van der Waals surface area (Å²) in [6.07, 6.45) is -0.216. The Morgan fingerprint density at radius 1 is 0.802 bits per heavy atom. The number of aliphatic hydroxyl groups is 2. The number of aryl methyl sites for hydroxylation is 1. The zero-order valence-electron chi connectivity index (χ0n) is 50.1. The fourth-order valence-corrected chi connectivity index (χ4v) is 16.3. The molecule has 2 aromatic heterocycles. The quantitative estimate of drug-likeness (QED) is 0.0126. The number of rotatable bonds is 32. The molecule has 0 saturated carbocycles.